The smallest absolute Gasteiger partial charge is 0.154 e. The Kier molecular flexibility index (Phi) is 4.45. The number of thiazole rings is 1. The predicted molar refractivity (Wildman–Crippen MR) is 89.2 cm³/mol. The average Bonchev–Trinajstić information content (AvgIpc) is 3.18. The van der Waals surface area contributed by atoms with Gasteiger partial charge in [-0.3, -0.25) is 0 Å². The molecule has 7 heteroatoms. The lowest BCUT2D eigenvalue weighted by Gasteiger charge is -2.10. The highest BCUT2D eigenvalue weighted by atomic mass is 32.1. The Labute approximate surface area is 132 Å². The molecule has 0 aromatic carbocycles. The van der Waals surface area contributed by atoms with Crippen molar-refractivity contribution < 1.29 is 4.74 Å². The molecule has 3 aromatic rings. The SMILES string of the molecule is C=Cc1nc(NCCOC)c2c(ccn2Cc2cscn2)n1. The highest BCUT2D eigenvalue weighted by Gasteiger charge is 2.12. The fourth-order valence-corrected chi connectivity index (χ4v) is 2.78. The van der Waals surface area contributed by atoms with Crippen molar-refractivity contribution in [2.45, 2.75) is 6.54 Å². The first-order valence-electron chi connectivity index (χ1n) is 6.91. The molecular weight excluding hydrogens is 298 g/mol. The number of methoxy groups -OCH3 is 1. The molecule has 6 nitrogen and oxygen atoms in total. The van der Waals surface area contributed by atoms with Crippen LogP contribution < -0.4 is 5.32 Å². The summed E-state index contributed by atoms with van der Waals surface area (Å²) in [7, 11) is 1.68. The van der Waals surface area contributed by atoms with Crippen molar-refractivity contribution in [1.29, 1.82) is 0 Å². The molecule has 114 valence electrons. The van der Waals surface area contributed by atoms with Gasteiger partial charge in [-0.05, 0) is 12.1 Å². The van der Waals surface area contributed by atoms with Crippen molar-refractivity contribution in [1.82, 2.24) is 19.5 Å². The van der Waals surface area contributed by atoms with E-state index in [1.807, 2.05) is 23.2 Å². The third-order valence-corrected chi connectivity index (χ3v) is 3.86. The zero-order chi connectivity index (χ0) is 15.4. The van der Waals surface area contributed by atoms with Crippen molar-refractivity contribution in [3.05, 3.63) is 41.3 Å². The topological polar surface area (TPSA) is 64.9 Å². The highest BCUT2D eigenvalue weighted by molar-refractivity contribution is 7.07. The summed E-state index contributed by atoms with van der Waals surface area (Å²) in [5, 5.41) is 5.35. The number of ether oxygens (including phenoxy) is 1. The van der Waals surface area contributed by atoms with E-state index >= 15 is 0 Å². The molecule has 0 aliphatic heterocycles. The van der Waals surface area contributed by atoms with Gasteiger partial charge in [0, 0.05) is 25.2 Å². The Bertz CT molecular complexity index is 766. The summed E-state index contributed by atoms with van der Waals surface area (Å²) >= 11 is 1.59. The van der Waals surface area contributed by atoms with Gasteiger partial charge in [0.25, 0.3) is 0 Å². The van der Waals surface area contributed by atoms with Crippen LogP contribution in [0.3, 0.4) is 0 Å². The van der Waals surface area contributed by atoms with Gasteiger partial charge in [0.15, 0.2) is 11.6 Å². The van der Waals surface area contributed by atoms with Crippen LogP contribution in [0.5, 0.6) is 0 Å². The zero-order valence-electron chi connectivity index (χ0n) is 12.3. The minimum atomic E-state index is 0.610. The standard InChI is InChI=1S/C15H17N5OS/c1-3-13-18-12-4-6-20(8-11-9-22-10-17-11)14(12)15(19-13)16-5-7-21-2/h3-4,6,9-10H,1,5,7-8H2,2H3,(H,16,18,19). The molecule has 0 bridgehead atoms. The van der Waals surface area contributed by atoms with E-state index in [0.717, 1.165) is 22.5 Å². The molecule has 3 rings (SSSR count). The van der Waals surface area contributed by atoms with E-state index < -0.39 is 0 Å². The molecule has 0 aliphatic carbocycles. The molecule has 0 amide bonds. The third kappa shape index (κ3) is 3.00. The van der Waals surface area contributed by atoms with E-state index in [2.05, 4.69) is 31.4 Å². The van der Waals surface area contributed by atoms with Crippen LogP contribution in [-0.4, -0.2) is 39.8 Å². The van der Waals surface area contributed by atoms with Gasteiger partial charge in [0.2, 0.25) is 0 Å². The Morgan fingerprint density at radius 3 is 3.09 bits per heavy atom. The normalized spacial score (nSPS) is 11.0. The molecular formula is C15H17N5OS. The predicted octanol–water partition coefficient (Wildman–Crippen LogP) is 2.64. The third-order valence-electron chi connectivity index (χ3n) is 3.22. The minimum Gasteiger partial charge on any atom is -0.383 e. The van der Waals surface area contributed by atoms with Gasteiger partial charge < -0.3 is 14.6 Å². The van der Waals surface area contributed by atoms with E-state index in [9.17, 15) is 0 Å². The van der Waals surface area contributed by atoms with Crippen molar-refractivity contribution in [3.8, 4) is 0 Å². The van der Waals surface area contributed by atoms with E-state index in [-0.39, 0.29) is 0 Å². The van der Waals surface area contributed by atoms with Crippen molar-refractivity contribution >= 4 is 34.3 Å². The number of fused-ring (bicyclic) bond motifs is 1. The lowest BCUT2D eigenvalue weighted by molar-refractivity contribution is 0.210. The van der Waals surface area contributed by atoms with Gasteiger partial charge in [-0.1, -0.05) is 6.58 Å². The summed E-state index contributed by atoms with van der Waals surface area (Å²) in [5.41, 5.74) is 4.72. The summed E-state index contributed by atoms with van der Waals surface area (Å²) in [6.45, 7) is 5.74. The van der Waals surface area contributed by atoms with Gasteiger partial charge in [-0.25, -0.2) is 15.0 Å². The fourth-order valence-electron chi connectivity index (χ4n) is 2.23. The van der Waals surface area contributed by atoms with Crippen molar-refractivity contribution in [2.75, 3.05) is 25.6 Å². The monoisotopic (exact) mass is 315 g/mol. The minimum absolute atomic E-state index is 0.610. The molecule has 22 heavy (non-hydrogen) atoms. The summed E-state index contributed by atoms with van der Waals surface area (Å²) in [6.07, 6.45) is 3.66. The summed E-state index contributed by atoms with van der Waals surface area (Å²) in [6, 6.07) is 1.98. The number of anilines is 1. The first kappa shape index (κ1) is 14.7. The molecule has 0 aliphatic rings. The zero-order valence-corrected chi connectivity index (χ0v) is 13.1. The van der Waals surface area contributed by atoms with Gasteiger partial charge in [-0.2, -0.15) is 0 Å². The van der Waals surface area contributed by atoms with Crippen LogP contribution in [0, 0.1) is 0 Å². The van der Waals surface area contributed by atoms with Crippen LogP contribution in [0.15, 0.2) is 29.7 Å². The molecule has 0 fully saturated rings. The van der Waals surface area contributed by atoms with Gasteiger partial charge in [0.05, 0.1) is 29.9 Å². The Morgan fingerprint density at radius 2 is 2.36 bits per heavy atom. The number of nitrogens with one attached hydrogen (secondary N) is 1. The van der Waals surface area contributed by atoms with E-state index in [1.165, 1.54) is 0 Å². The largest absolute Gasteiger partial charge is 0.383 e. The fraction of sp³-hybridized carbons (Fsp3) is 0.267. The van der Waals surface area contributed by atoms with Crippen LogP contribution in [0.25, 0.3) is 17.1 Å². The van der Waals surface area contributed by atoms with E-state index in [4.69, 9.17) is 4.74 Å². The lowest BCUT2D eigenvalue weighted by atomic mass is 10.3. The first-order valence-corrected chi connectivity index (χ1v) is 7.85. The summed E-state index contributed by atoms with van der Waals surface area (Å²) in [5.74, 6) is 1.40. The molecule has 0 unspecified atom stereocenters. The summed E-state index contributed by atoms with van der Waals surface area (Å²) < 4.78 is 7.19. The van der Waals surface area contributed by atoms with Crippen LogP contribution in [0.4, 0.5) is 5.82 Å². The van der Waals surface area contributed by atoms with Crippen LogP contribution in [-0.2, 0) is 11.3 Å². The average molecular weight is 315 g/mol. The molecule has 0 atom stereocenters. The maximum atomic E-state index is 5.09. The molecule has 3 heterocycles. The van der Waals surface area contributed by atoms with Gasteiger partial charge in [0.1, 0.15) is 5.52 Å². The number of hydrogen-bond donors (Lipinski definition) is 1. The van der Waals surface area contributed by atoms with Crippen molar-refractivity contribution in [3.63, 3.8) is 0 Å². The molecule has 0 saturated heterocycles. The molecule has 0 spiro atoms. The van der Waals surface area contributed by atoms with Gasteiger partial charge >= 0.3 is 0 Å². The van der Waals surface area contributed by atoms with Crippen molar-refractivity contribution in [2.24, 2.45) is 0 Å². The van der Waals surface area contributed by atoms with Crippen LogP contribution in [0.2, 0.25) is 0 Å². The number of aromatic nitrogens is 4. The second-order valence-corrected chi connectivity index (χ2v) is 5.43. The van der Waals surface area contributed by atoms with Crippen LogP contribution >= 0.6 is 11.3 Å². The Hall–Kier alpha value is -2.25. The number of nitrogens with zero attached hydrogens (tertiary/aromatic N) is 4. The maximum Gasteiger partial charge on any atom is 0.154 e. The maximum absolute atomic E-state index is 5.09. The molecule has 0 radical (unpaired) electrons. The molecule has 3 aromatic heterocycles. The molecule has 0 saturated carbocycles. The second-order valence-electron chi connectivity index (χ2n) is 4.71. The second kappa shape index (κ2) is 6.67. The number of rotatable bonds is 7. The lowest BCUT2D eigenvalue weighted by Crippen LogP contribution is -2.11. The van der Waals surface area contributed by atoms with Crippen LogP contribution in [0.1, 0.15) is 11.5 Å². The van der Waals surface area contributed by atoms with E-state index in [1.54, 1.807) is 24.5 Å². The number of hydrogen-bond acceptors (Lipinski definition) is 6. The van der Waals surface area contributed by atoms with E-state index in [0.29, 0.717) is 25.5 Å². The summed E-state index contributed by atoms with van der Waals surface area (Å²) in [4.78, 5) is 13.3. The first-order chi connectivity index (χ1) is 10.8. The Morgan fingerprint density at radius 1 is 1.45 bits per heavy atom. The van der Waals surface area contributed by atoms with Gasteiger partial charge in [-0.15, -0.1) is 11.3 Å². The Balaban J connectivity index is 2.00. The quantitative estimate of drug-likeness (QED) is 0.679. The molecule has 1 N–H and O–H groups in total. The highest BCUT2D eigenvalue weighted by Crippen LogP contribution is 2.23.